The molecule has 0 aliphatic heterocycles. The zero-order valence-electron chi connectivity index (χ0n) is 15.7. The third-order valence-electron chi connectivity index (χ3n) is 3.72. The van der Waals surface area contributed by atoms with Gasteiger partial charge in [0.1, 0.15) is 6.29 Å². The van der Waals surface area contributed by atoms with Crippen molar-refractivity contribution in [2.75, 3.05) is 0 Å². The van der Waals surface area contributed by atoms with Gasteiger partial charge in [0.2, 0.25) is 0 Å². The van der Waals surface area contributed by atoms with Crippen LogP contribution < -0.4 is 0 Å². The van der Waals surface area contributed by atoms with Gasteiger partial charge < -0.3 is 0 Å². The normalized spacial score (nSPS) is 13.5. The topological polar surface area (TPSA) is 17.1 Å². The van der Waals surface area contributed by atoms with Gasteiger partial charge in [0.05, 0.1) is 0 Å². The Morgan fingerprint density at radius 2 is 1.13 bits per heavy atom. The first kappa shape index (κ1) is 21.4. The molecule has 0 atom stereocenters. The monoisotopic (exact) mass is 314 g/mol. The molecule has 0 aromatic carbocycles. The van der Waals surface area contributed by atoms with E-state index in [1.807, 2.05) is 12.2 Å². The maximum Gasteiger partial charge on any atom is 0.142 e. The van der Waals surface area contributed by atoms with Gasteiger partial charge in [0.15, 0.2) is 0 Å². The molecule has 0 amide bonds. The van der Waals surface area contributed by atoms with Gasteiger partial charge in [0.25, 0.3) is 0 Å². The molecule has 1 nitrogen and oxygen atoms in total. The highest BCUT2D eigenvalue weighted by Crippen LogP contribution is 2.13. The van der Waals surface area contributed by atoms with E-state index in [0.29, 0.717) is 0 Å². The molecule has 0 rings (SSSR count). The number of aldehydes is 1. The average molecular weight is 315 g/mol. The van der Waals surface area contributed by atoms with Gasteiger partial charge >= 0.3 is 0 Å². The van der Waals surface area contributed by atoms with Crippen molar-refractivity contribution in [3.8, 4) is 0 Å². The second-order valence-electron chi connectivity index (χ2n) is 6.53. The number of carbonyl (C=O) groups excluding carboxylic acids is 1. The minimum atomic E-state index is 0.809. The molecule has 0 unspecified atom stereocenters. The largest absolute Gasteiger partial charge is 0.299 e. The molecule has 0 heterocycles. The first-order valence-corrected chi connectivity index (χ1v) is 8.68. The number of hydrogen-bond acceptors (Lipinski definition) is 1. The van der Waals surface area contributed by atoms with Crippen molar-refractivity contribution in [1.29, 1.82) is 0 Å². The molecule has 128 valence electrons. The van der Waals surface area contributed by atoms with Gasteiger partial charge in [-0.2, -0.15) is 0 Å². The number of hydrogen-bond donors (Lipinski definition) is 0. The van der Waals surface area contributed by atoms with E-state index in [2.05, 4.69) is 52.8 Å². The highest BCUT2D eigenvalue weighted by atomic mass is 16.1. The molecule has 0 aromatic heterocycles. The molecular formula is C22H34O. The minimum Gasteiger partial charge on any atom is -0.299 e. The molecule has 23 heavy (non-hydrogen) atoms. The van der Waals surface area contributed by atoms with Crippen LogP contribution in [0.4, 0.5) is 0 Å². The van der Waals surface area contributed by atoms with Crippen LogP contribution in [0, 0.1) is 0 Å². The molecule has 0 spiro atoms. The first-order chi connectivity index (χ1) is 11.0. The van der Waals surface area contributed by atoms with E-state index in [-0.39, 0.29) is 0 Å². The lowest BCUT2D eigenvalue weighted by molar-refractivity contribution is -0.104. The maximum absolute atomic E-state index is 10.2. The Kier molecular flexibility index (Phi) is 13.0. The van der Waals surface area contributed by atoms with Gasteiger partial charge in [-0.15, -0.1) is 0 Å². The molecule has 0 saturated heterocycles. The Labute approximate surface area is 143 Å². The SMILES string of the molecule is CC(C)=CCC/C(C)=C/CC/C(C)=C/CC/C(C)=C/C=C/C=O. The molecule has 0 aliphatic carbocycles. The van der Waals surface area contributed by atoms with Crippen LogP contribution in [0.3, 0.4) is 0 Å². The van der Waals surface area contributed by atoms with Crippen LogP contribution in [-0.2, 0) is 4.79 Å². The summed E-state index contributed by atoms with van der Waals surface area (Å²) in [5.41, 5.74) is 5.68. The van der Waals surface area contributed by atoms with Crippen molar-refractivity contribution < 1.29 is 4.79 Å². The summed E-state index contributed by atoms with van der Waals surface area (Å²) < 4.78 is 0. The molecule has 0 bridgehead atoms. The standard InChI is InChI=1S/C22H34O/c1-19(2)11-8-13-21(4)15-10-17-22(5)16-9-14-20(3)12-6-7-18-23/h6-7,11-12,15-16,18H,8-10,13-14,17H2,1-5H3/b7-6+,20-12+,21-15+,22-16+. The fourth-order valence-corrected chi connectivity index (χ4v) is 2.23. The van der Waals surface area contributed by atoms with Gasteiger partial charge in [0, 0.05) is 0 Å². The summed E-state index contributed by atoms with van der Waals surface area (Å²) in [6, 6.07) is 0. The van der Waals surface area contributed by atoms with E-state index in [0.717, 1.165) is 38.4 Å². The Morgan fingerprint density at radius 3 is 1.61 bits per heavy atom. The predicted molar refractivity (Wildman–Crippen MR) is 104 cm³/mol. The van der Waals surface area contributed by atoms with Crippen molar-refractivity contribution >= 4 is 6.29 Å². The Balaban J connectivity index is 4.02. The maximum atomic E-state index is 10.2. The van der Waals surface area contributed by atoms with E-state index in [1.54, 1.807) is 0 Å². The van der Waals surface area contributed by atoms with Crippen LogP contribution in [0.1, 0.15) is 73.1 Å². The fraction of sp³-hybridized carbons (Fsp3) is 0.500. The van der Waals surface area contributed by atoms with Gasteiger partial charge in [-0.25, -0.2) is 0 Å². The summed E-state index contributed by atoms with van der Waals surface area (Å²) in [5.74, 6) is 0. The average Bonchev–Trinajstić information content (AvgIpc) is 2.47. The summed E-state index contributed by atoms with van der Waals surface area (Å²) >= 11 is 0. The van der Waals surface area contributed by atoms with Crippen molar-refractivity contribution in [2.45, 2.75) is 73.1 Å². The van der Waals surface area contributed by atoms with Crippen LogP contribution in [0.15, 0.2) is 58.7 Å². The van der Waals surface area contributed by atoms with Crippen LogP contribution >= 0.6 is 0 Å². The van der Waals surface area contributed by atoms with Crippen molar-refractivity contribution in [3.05, 3.63) is 58.7 Å². The van der Waals surface area contributed by atoms with Gasteiger partial charge in [-0.3, -0.25) is 4.79 Å². The van der Waals surface area contributed by atoms with E-state index >= 15 is 0 Å². The summed E-state index contributed by atoms with van der Waals surface area (Å²) in [4.78, 5) is 10.2. The number of rotatable bonds is 11. The second-order valence-corrected chi connectivity index (χ2v) is 6.53. The van der Waals surface area contributed by atoms with Crippen LogP contribution in [0.2, 0.25) is 0 Å². The zero-order valence-corrected chi connectivity index (χ0v) is 15.7. The Bertz CT molecular complexity index is 480. The third kappa shape index (κ3) is 15.1. The molecule has 0 aliphatic rings. The molecule has 0 N–H and O–H groups in total. The molecule has 1 heteroatoms. The van der Waals surface area contributed by atoms with E-state index < -0.39 is 0 Å². The molecule has 0 fully saturated rings. The molecule has 0 saturated carbocycles. The smallest absolute Gasteiger partial charge is 0.142 e. The highest BCUT2D eigenvalue weighted by molar-refractivity contribution is 5.65. The lowest BCUT2D eigenvalue weighted by atomic mass is 10.0. The highest BCUT2D eigenvalue weighted by Gasteiger charge is 1.93. The van der Waals surface area contributed by atoms with Crippen molar-refractivity contribution in [2.24, 2.45) is 0 Å². The van der Waals surface area contributed by atoms with Crippen LogP contribution in [0.25, 0.3) is 0 Å². The zero-order chi connectivity index (χ0) is 17.5. The number of carbonyl (C=O) groups is 1. The summed E-state index contributed by atoms with van der Waals surface area (Å²) in [6.07, 6.45) is 19.9. The molecular weight excluding hydrogens is 280 g/mol. The van der Waals surface area contributed by atoms with Crippen LogP contribution in [0.5, 0.6) is 0 Å². The lowest BCUT2D eigenvalue weighted by Crippen LogP contribution is -1.82. The first-order valence-electron chi connectivity index (χ1n) is 8.68. The predicted octanol–water partition coefficient (Wildman–Crippen LogP) is 6.89. The van der Waals surface area contributed by atoms with E-state index in [1.165, 1.54) is 34.8 Å². The Morgan fingerprint density at radius 1 is 0.652 bits per heavy atom. The molecule has 0 radical (unpaired) electrons. The summed E-state index contributed by atoms with van der Waals surface area (Å²) in [7, 11) is 0. The molecule has 0 aromatic rings. The third-order valence-corrected chi connectivity index (χ3v) is 3.72. The van der Waals surface area contributed by atoms with Gasteiger partial charge in [-0.1, -0.05) is 52.7 Å². The fourth-order valence-electron chi connectivity index (χ4n) is 2.23. The Hall–Kier alpha value is -1.63. The van der Waals surface area contributed by atoms with E-state index in [9.17, 15) is 4.79 Å². The summed E-state index contributed by atoms with van der Waals surface area (Å²) in [6.45, 7) is 10.9. The van der Waals surface area contributed by atoms with Crippen molar-refractivity contribution in [3.63, 3.8) is 0 Å². The minimum absolute atomic E-state index is 0.809. The van der Waals surface area contributed by atoms with Crippen molar-refractivity contribution in [1.82, 2.24) is 0 Å². The quantitative estimate of drug-likeness (QED) is 0.176. The lowest BCUT2D eigenvalue weighted by Gasteiger charge is -2.02. The van der Waals surface area contributed by atoms with Gasteiger partial charge in [-0.05, 0) is 79.2 Å². The van der Waals surface area contributed by atoms with Crippen LogP contribution in [-0.4, -0.2) is 6.29 Å². The van der Waals surface area contributed by atoms with E-state index in [4.69, 9.17) is 0 Å². The number of allylic oxidation sites excluding steroid dienone is 10. The summed E-state index contributed by atoms with van der Waals surface area (Å²) in [5, 5.41) is 0. The second kappa shape index (κ2) is 14.0.